The van der Waals surface area contributed by atoms with Crippen molar-refractivity contribution in [2.24, 2.45) is 0 Å². The Morgan fingerprint density at radius 2 is 0.608 bits per heavy atom. The molecule has 0 radical (unpaired) electrons. The van der Waals surface area contributed by atoms with Crippen molar-refractivity contribution < 1.29 is 115 Å². The Morgan fingerprint density at radius 1 is 0.378 bits per heavy atom. The highest BCUT2D eigenvalue weighted by atomic mass is 19.4. The van der Waals surface area contributed by atoms with Gasteiger partial charge in [-0.05, 0) is 62.4 Å². The van der Waals surface area contributed by atoms with Gasteiger partial charge in [-0.2, -0.15) is 132 Å². The van der Waals surface area contributed by atoms with Gasteiger partial charge in [0, 0.05) is 5.56 Å². The normalized spacial score (nSPS) is 13.4. The summed E-state index contributed by atoms with van der Waals surface area (Å²) >= 11 is 0. The first kappa shape index (κ1) is 58.3. The van der Waals surface area contributed by atoms with Gasteiger partial charge in [0.2, 0.25) is 0 Å². The molecule has 0 saturated carbocycles. The average Bonchev–Trinajstić information content (AvgIpc) is 3.25. The van der Waals surface area contributed by atoms with E-state index in [0.29, 0.717) is 0 Å². The largest absolute Gasteiger partial charge is 0.491 e. The lowest BCUT2D eigenvalue weighted by Crippen LogP contribution is -2.75. The first-order valence-electron chi connectivity index (χ1n) is 20.4. The van der Waals surface area contributed by atoms with E-state index in [1.807, 2.05) is 38.4 Å². The molecule has 1 aromatic heterocycles. The molecule has 1 heterocycles. The minimum Gasteiger partial charge on any atom is -0.491 e. The van der Waals surface area contributed by atoms with Crippen molar-refractivity contribution in [2.75, 3.05) is 0 Å². The smallest absolute Gasteiger partial charge is 0.416 e. The molecular formula is C46H29BF24N2O. The van der Waals surface area contributed by atoms with Gasteiger partial charge in [0.1, 0.15) is 11.9 Å². The van der Waals surface area contributed by atoms with Crippen LogP contribution in [0.5, 0.6) is 5.75 Å². The Bertz CT molecular complexity index is 2470. The summed E-state index contributed by atoms with van der Waals surface area (Å²) in [5.74, 6) is 0.920. The predicted molar refractivity (Wildman–Crippen MR) is 216 cm³/mol. The van der Waals surface area contributed by atoms with Crippen LogP contribution in [0.4, 0.5) is 105 Å². The van der Waals surface area contributed by atoms with Gasteiger partial charge in [0.25, 0.3) is 0 Å². The minimum atomic E-state index is -6.13. The molecule has 0 aliphatic heterocycles. The first-order valence-corrected chi connectivity index (χ1v) is 20.4. The molecule has 400 valence electrons. The second-order valence-corrected chi connectivity index (χ2v) is 16.5. The second-order valence-electron chi connectivity index (χ2n) is 16.5. The van der Waals surface area contributed by atoms with Gasteiger partial charge >= 0.3 is 49.4 Å². The van der Waals surface area contributed by atoms with Crippen LogP contribution in [-0.2, 0) is 56.0 Å². The molecule has 3 nitrogen and oxygen atoms in total. The number of ether oxygens (including phenoxy) is 1. The molecule has 6 aromatic rings. The number of hydrogen-bond acceptors (Lipinski definition) is 2. The van der Waals surface area contributed by atoms with Crippen molar-refractivity contribution in [2.45, 2.75) is 75.9 Å². The van der Waals surface area contributed by atoms with Gasteiger partial charge in [-0.25, -0.2) is 0 Å². The highest BCUT2D eigenvalue weighted by Crippen LogP contribution is 2.41. The fraction of sp³-hybridized carbons (Fsp3) is 0.261. The highest BCUT2D eigenvalue weighted by Gasteiger charge is 2.47. The summed E-state index contributed by atoms with van der Waals surface area (Å²) < 4.78 is 349. The quantitative estimate of drug-likeness (QED) is 0.0862. The third kappa shape index (κ3) is 13.9. The van der Waals surface area contributed by atoms with Crippen molar-refractivity contribution in [3.05, 3.63) is 172 Å². The molecule has 0 fully saturated rings. The van der Waals surface area contributed by atoms with Crippen LogP contribution < -0.4 is 31.2 Å². The van der Waals surface area contributed by atoms with E-state index < -0.39 is 195 Å². The molecular weight excluding hydrogens is 1060 g/mol. The zero-order valence-corrected chi connectivity index (χ0v) is 36.8. The summed E-state index contributed by atoms with van der Waals surface area (Å²) in [6.07, 6.45) is -47.1. The maximum atomic E-state index is 14.2. The molecule has 0 amide bonds. The van der Waals surface area contributed by atoms with Crippen LogP contribution in [0.3, 0.4) is 0 Å². The zero-order chi connectivity index (χ0) is 56.0. The maximum Gasteiger partial charge on any atom is 0.416 e. The Balaban J connectivity index is 0.000000500. The molecule has 0 saturated heterocycles. The van der Waals surface area contributed by atoms with Gasteiger partial charge in [-0.15, -0.1) is 0 Å². The number of halogens is 24. The van der Waals surface area contributed by atoms with Crippen LogP contribution in [0.2, 0.25) is 0 Å². The number of aromatic nitrogens is 2. The average molecular weight is 1090 g/mol. The summed E-state index contributed by atoms with van der Waals surface area (Å²) in [6.45, 7) is 4.91. The number of nitrogens with zero attached hydrogens (tertiary/aromatic N) is 2. The molecule has 0 aliphatic rings. The molecule has 6 rings (SSSR count). The Hall–Kier alpha value is -6.64. The van der Waals surface area contributed by atoms with Crippen LogP contribution in [0.25, 0.3) is 0 Å². The molecule has 0 spiro atoms. The summed E-state index contributed by atoms with van der Waals surface area (Å²) in [7, 11) is 0. The van der Waals surface area contributed by atoms with Crippen molar-refractivity contribution in [3.63, 3.8) is 0 Å². The van der Waals surface area contributed by atoms with E-state index in [2.05, 4.69) is 21.7 Å². The standard InChI is InChI=1S/C32H12BF24.C14H17N2O/c34-25(35,36)13-1-14(26(37,38)39)6-21(5-13)33(22-7-15(27(40,41)42)2-16(8-22)28(43,44)45,23-9-17(29(46,47)48)3-18(10-23)30(49,50)51)24-11-19(31(52,53)54)4-20(12-24)32(55,56)57;1-12(2)17-14-5-3-13(4-6-14)11-16-9-7-15-8-10-16/h1-12H;3-10,12H,11H2,1-2H3/q-1;+1. The zero-order valence-electron chi connectivity index (χ0n) is 36.8. The number of benzene rings is 5. The third-order valence-corrected chi connectivity index (χ3v) is 10.8. The summed E-state index contributed by atoms with van der Waals surface area (Å²) in [6, 6.07) is -0.611. The third-order valence-electron chi connectivity index (χ3n) is 10.8. The van der Waals surface area contributed by atoms with E-state index in [0.717, 1.165) is 12.3 Å². The van der Waals surface area contributed by atoms with Crippen LogP contribution in [0.1, 0.15) is 63.9 Å². The molecule has 74 heavy (non-hydrogen) atoms. The highest BCUT2D eigenvalue weighted by molar-refractivity contribution is 7.20. The van der Waals surface area contributed by atoms with Crippen molar-refractivity contribution in [1.29, 1.82) is 0 Å². The van der Waals surface area contributed by atoms with Gasteiger partial charge in [-0.1, -0.05) is 48.5 Å². The SMILES string of the molecule is CC(C)Oc1ccc(C[n+]2ccncc2)cc1.FC(F)(F)c1cc([B-](c2cc(C(F)(F)F)cc(C(F)(F)F)c2)(c2cc(C(F)(F)F)cc(C(F)(F)F)c2)c2cc(C(F)(F)F)cc(C(F)(F)F)c2)cc(C(F)(F)F)c1. The first-order chi connectivity index (χ1) is 33.5. The van der Waals surface area contributed by atoms with E-state index in [-0.39, 0.29) is 6.10 Å². The van der Waals surface area contributed by atoms with Crippen molar-refractivity contribution in [1.82, 2.24) is 4.98 Å². The van der Waals surface area contributed by atoms with Crippen LogP contribution >= 0.6 is 0 Å². The second kappa shape index (κ2) is 20.2. The lowest BCUT2D eigenvalue weighted by atomic mass is 9.12. The Kier molecular flexibility index (Phi) is 15.9. The predicted octanol–water partition coefficient (Wildman–Crippen LogP) is 13.4. The summed E-state index contributed by atoms with van der Waals surface area (Å²) in [5, 5.41) is 0. The fourth-order valence-electron chi connectivity index (χ4n) is 7.68. The fourth-order valence-corrected chi connectivity index (χ4v) is 7.68. The van der Waals surface area contributed by atoms with Crippen molar-refractivity contribution in [3.8, 4) is 5.75 Å². The minimum absolute atomic E-state index is 0.218. The Morgan fingerprint density at radius 3 is 0.811 bits per heavy atom. The maximum absolute atomic E-state index is 14.2. The van der Waals surface area contributed by atoms with E-state index >= 15 is 0 Å². The Labute approximate surface area is 400 Å². The molecule has 0 bridgehead atoms. The summed E-state index contributed by atoms with van der Waals surface area (Å²) in [4.78, 5) is 3.99. The molecule has 0 N–H and O–H groups in total. The van der Waals surface area contributed by atoms with Gasteiger partial charge in [-0.3, -0.25) is 4.98 Å². The van der Waals surface area contributed by atoms with E-state index in [1.165, 1.54) is 5.56 Å². The van der Waals surface area contributed by atoms with Crippen LogP contribution in [-0.4, -0.2) is 17.2 Å². The number of alkyl halides is 24. The number of rotatable bonds is 8. The lowest BCUT2D eigenvalue weighted by molar-refractivity contribution is -0.688. The number of hydrogen-bond donors (Lipinski definition) is 0. The van der Waals surface area contributed by atoms with Gasteiger partial charge < -0.3 is 4.74 Å². The van der Waals surface area contributed by atoms with E-state index in [9.17, 15) is 105 Å². The van der Waals surface area contributed by atoms with E-state index in [4.69, 9.17) is 4.74 Å². The molecule has 0 unspecified atom stereocenters. The molecule has 5 aromatic carbocycles. The van der Waals surface area contributed by atoms with Crippen LogP contribution in [0, 0.1) is 0 Å². The molecule has 28 heteroatoms. The summed E-state index contributed by atoms with van der Waals surface area (Å²) in [5.41, 5.74) is -29.0. The van der Waals surface area contributed by atoms with Gasteiger partial charge in [0.15, 0.2) is 18.9 Å². The molecule has 0 atom stereocenters. The topological polar surface area (TPSA) is 26.0 Å². The monoisotopic (exact) mass is 1090 g/mol. The lowest BCUT2D eigenvalue weighted by Gasteiger charge is -2.46. The molecule has 0 aliphatic carbocycles. The van der Waals surface area contributed by atoms with Crippen molar-refractivity contribution >= 4 is 28.0 Å². The van der Waals surface area contributed by atoms with E-state index in [1.54, 1.807) is 12.4 Å². The van der Waals surface area contributed by atoms with Gasteiger partial charge in [0.05, 0.1) is 63.0 Å². The van der Waals surface area contributed by atoms with Crippen LogP contribution in [0.15, 0.2) is 122 Å².